The summed E-state index contributed by atoms with van der Waals surface area (Å²) in [5.41, 5.74) is 8.11. The van der Waals surface area contributed by atoms with Gasteiger partial charge in [0.05, 0.1) is 5.56 Å². The summed E-state index contributed by atoms with van der Waals surface area (Å²) in [7, 11) is 1.54. The molecule has 4 N–H and O–H groups in total. The van der Waals surface area contributed by atoms with Gasteiger partial charge in [-0.15, -0.1) is 0 Å². The molecule has 0 fully saturated rings. The van der Waals surface area contributed by atoms with Crippen molar-refractivity contribution in [3.8, 4) is 0 Å². The van der Waals surface area contributed by atoms with Gasteiger partial charge in [-0.05, 0) is 42.8 Å². The van der Waals surface area contributed by atoms with E-state index < -0.39 is 18.5 Å². The minimum absolute atomic E-state index is 0.220. The quantitative estimate of drug-likeness (QED) is 0.567. The normalized spacial score (nSPS) is 10.0. The second-order valence-corrected chi connectivity index (χ2v) is 5.32. The number of nitrogen functional groups attached to an aromatic ring is 1. The van der Waals surface area contributed by atoms with Gasteiger partial charge in [0.15, 0.2) is 6.61 Å². The zero-order valence-electron chi connectivity index (χ0n) is 14.0. The topological polar surface area (TPSA) is 111 Å². The van der Waals surface area contributed by atoms with E-state index in [-0.39, 0.29) is 11.5 Å². The van der Waals surface area contributed by atoms with Gasteiger partial charge < -0.3 is 21.1 Å². The van der Waals surface area contributed by atoms with Crippen LogP contribution in [-0.4, -0.2) is 31.4 Å². The molecule has 2 aromatic rings. The maximum absolute atomic E-state index is 12.0. The molecule has 0 bridgehead atoms. The molecule has 0 saturated heterocycles. The smallest absolute Gasteiger partial charge is 0.340 e. The summed E-state index contributed by atoms with van der Waals surface area (Å²) >= 11 is 0. The Morgan fingerprint density at radius 1 is 1.08 bits per heavy atom. The average Bonchev–Trinajstić information content (AvgIpc) is 2.62. The summed E-state index contributed by atoms with van der Waals surface area (Å²) in [6, 6.07) is 11.3. The van der Waals surface area contributed by atoms with Crippen molar-refractivity contribution in [2.45, 2.75) is 6.92 Å². The van der Waals surface area contributed by atoms with Crippen LogP contribution in [0.2, 0.25) is 0 Å². The Kier molecular flexibility index (Phi) is 5.73. The van der Waals surface area contributed by atoms with Crippen LogP contribution in [0.25, 0.3) is 0 Å². The Hall–Kier alpha value is -3.35. The zero-order chi connectivity index (χ0) is 18.4. The van der Waals surface area contributed by atoms with Gasteiger partial charge in [0.1, 0.15) is 0 Å². The summed E-state index contributed by atoms with van der Waals surface area (Å²) in [5, 5.41) is 5.08. The largest absolute Gasteiger partial charge is 0.452 e. The lowest BCUT2D eigenvalue weighted by Crippen LogP contribution is -2.21. The second-order valence-electron chi connectivity index (χ2n) is 5.32. The minimum atomic E-state index is -0.661. The number of ether oxygens (including phenoxy) is 1. The number of carbonyl (C=O) groups is 3. The Labute approximate surface area is 145 Å². The van der Waals surface area contributed by atoms with Crippen LogP contribution in [0.4, 0.5) is 11.4 Å². The summed E-state index contributed by atoms with van der Waals surface area (Å²) < 4.78 is 4.98. The molecular formula is C18H19N3O4. The number of esters is 1. The number of rotatable bonds is 5. The summed E-state index contributed by atoms with van der Waals surface area (Å²) in [4.78, 5) is 35.3. The lowest BCUT2D eigenvalue weighted by atomic mass is 10.1. The van der Waals surface area contributed by atoms with Gasteiger partial charge in [0.25, 0.3) is 11.8 Å². The third-order valence-electron chi connectivity index (χ3n) is 3.54. The molecule has 0 aliphatic heterocycles. The number of para-hydroxylation sites is 1. The Morgan fingerprint density at radius 2 is 1.76 bits per heavy atom. The molecule has 0 atom stereocenters. The highest BCUT2D eigenvalue weighted by molar-refractivity contribution is 5.99. The van der Waals surface area contributed by atoms with E-state index in [0.717, 1.165) is 5.56 Å². The van der Waals surface area contributed by atoms with Crippen LogP contribution < -0.4 is 16.4 Å². The van der Waals surface area contributed by atoms with Gasteiger partial charge in [0, 0.05) is 24.0 Å². The molecule has 2 aromatic carbocycles. The molecule has 0 unspecified atom stereocenters. The van der Waals surface area contributed by atoms with Crippen molar-refractivity contribution < 1.29 is 19.1 Å². The molecule has 7 nitrogen and oxygen atoms in total. The van der Waals surface area contributed by atoms with E-state index >= 15 is 0 Å². The predicted molar refractivity (Wildman–Crippen MR) is 94.3 cm³/mol. The standard InChI is InChI=1S/C18H19N3O4/c1-11-4-3-5-14(16(11)19)18(24)25-10-15(22)21-13-8-6-12(7-9-13)17(23)20-2/h3-9H,10,19H2,1-2H3,(H,20,23)(H,21,22). The van der Waals surface area contributed by atoms with Gasteiger partial charge >= 0.3 is 5.97 Å². The number of benzene rings is 2. The molecule has 0 aliphatic carbocycles. The van der Waals surface area contributed by atoms with E-state index in [9.17, 15) is 14.4 Å². The molecule has 2 amide bonds. The fourth-order valence-corrected chi connectivity index (χ4v) is 2.11. The third-order valence-corrected chi connectivity index (χ3v) is 3.54. The van der Waals surface area contributed by atoms with Crippen LogP contribution in [0.1, 0.15) is 26.3 Å². The molecule has 0 heterocycles. The number of nitrogens with two attached hydrogens (primary N) is 1. The molecule has 25 heavy (non-hydrogen) atoms. The third kappa shape index (κ3) is 4.57. The molecule has 0 radical (unpaired) electrons. The van der Waals surface area contributed by atoms with Crippen LogP contribution in [-0.2, 0) is 9.53 Å². The number of nitrogens with one attached hydrogen (secondary N) is 2. The van der Waals surface area contributed by atoms with E-state index in [4.69, 9.17) is 10.5 Å². The van der Waals surface area contributed by atoms with Crippen LogP contribution in [0.3, 0.4) is 0 Å². The molecule has 0 saturated carbocycles. The summed E-state index contributed by atoms with van der Waals surface area (Å²) in [5.74, 6) is -1.37. The number of hydrogen-bond acceptors (Lipinski definition) is 5. The number of aryl methyl sites for hydroxylation is 1. The van der Waals surface area contributed by atoms with E-state index in [1.807, 2.05) is 0 Å². The lowest BCUT2D eigenvalue weighted by Gasteiger charge is -2.09. The average molecular weight is 341 g/mol. The summed E-state index contributed by atoms with van der Waals surface area (Å²) in [6.45, 7) is 1.34. The first kappa shape index (κ1) is 18.0. The minimum Gasteiger partial charge on any atom is -0.452 e. The van der Waals surface area contributed by atoms with E-state index in [1.165, 1.54) is 7.05 Å². The van der Waals surface area contributed by atoms with Crippen molar-refractivity contribution in [3.63, 3.8) is 0 Å². The summed E-state index contributed by atoms with van der Waals surface area (Å²) in [6.07, 6.45) is 0. The number of amides is 2. The van der Waals surface area contributed by atoms with E-state index in [1.54, 1.807) is 49.4 Å². The SMILES string of the molecule is CNC(=O)c1ccc(NC(=O)COC(=O)c2cccc(C)c2N)cc1. The van der Waals surface area contributed by atoms with Crippen molar-refractivity contribution in [1.29, 1.82) is 0 Å². The second kappa shape index (κ2) is 7.96. The number of hydrogen-bond donors (Lipinski definition) is 3. The first-order chi connectivity index (χ1) is 11.9. The number of carbonyl (C=O) groups excluding carboxylic acids is 3. The van der Waals surface area contributed by atoms with Crippen LogP contribution in [0.15, 0.2) is 42.5 Å². The Bertz CT molecular complexity index is 800. The van der Waals surface area contributed by atoms with Crippen molar-refractivity contribution in [2.24, 2.45) is 0 Å². The van der Waals surface area contributed by atoms with Gasteiger partial charge in [-0.3, -0.25) is 9.59 Å². The monoisotopic (exact) mass is 341 g/mol. The van der Waals surface area contributed by atoms with Gasteiger partial charge in [-0.25, -0.2) is 4.79 Å². The van der Waals surface area contributed by atoms with Gasteiger partial charge in [0.2, 0.25) is 0 Å². The molecule has 2 rings (SSSR count). The van der Waals surface area contributed by atoms with Crippen molar-refractivity contribution in [1.82, 2.24) is 5.32 Å². The molecule has 130 valence electrons. The fourth-order valence-electron chi connectivity index (χ4n) is 2.11. The maximum Gasteiger partial charge on any atom is 0.340 e. The Morgan fingerprint density at radius 3 is 2.40 bits per heavy atom. The fraction of sp³-hybridized carbons (Fsp3) is 0.167. The predicted octanol–water partition coefficient (Wildman–Crippen LogP) is 1.73. The van der Waals surface area contributed by atoms with Crippen molar-refractivity contribution in [2.75, 3.05) is 24.7 Å². The van der Waals surface area contributed by atoms with E-state index in [2.05, 4.69) is 10.6 Å². The van der Waals surface area contributed by atoms with Gasteiger partial charge in [-0.1, -0.05) is 12.1 Å². The Balaban J connectivity index is 1.91. The van der Waals surface area contributed by atoms with Crippen LogP contribution in [0.5, 0.6) is 0 Å². The van der Waals surface area contributed by atoms with Gasteiger partial charge in [-0.2, -0.15) is 0 Å². The first-order valence-electron chi connectivity index (χ1n) is 7.56. The van der Waals surface area contributed by atoms with Crippen molar-refractivity contribution in [3.05, 3.63) is 59.2 Å². The van der Waals surface area contributed by atoms with E-state index in [0.29, 0.717) is 16.9 Å². The maximum atomic E-state index is 12.0. The van der Waals surface area contributed by atoms with Crippen LogP contribution >= 0.6 is 0 Å². The first-order valence-corrected chi connectivity index (χ1v) is 7.56. The highest BCUT2D eigenvalue weighted by atomic mass is 16.5. The van der Waals surface area contributed by atoms with Crippen LogP contribution in [0, 0.1) is 6.92 Å². The molecule has 0 aromatic heterocycles. The zero-order valence-corrected chi connectivity index (χ0v) is 14.0. The molecular weight excluding hydrogens is 322 g/mol. The highest BCUT2D eigenvalue weighted by Gasteiger charge is 2.14. The lowest BCUT2D eigenvalue weighted by molar-refractivity contribution is -0.119. The van der Waals surface area contributed by atoms with Crippen molar-refractivity contribution >= 4 is 29.2 Å². The number of anilines is 2. The highest BCUT2D eigenvalue weighted by Crippen LogP contribution is 2.17. The molecule has 0 aliphatic rings. The molecule has 7 heteroatoms. The molecule has 0 spiro atoms.